The molecule has 0 unspecified atom stereocenters. The monoisotopic (exact) mass is 314 g/mol. The quantitative estimate of drug-likeness (QED) is 0.276. The maximum Gasteiger partial charge on any atom is 0.206 e. The number of allylic oxidation sites excluding steroid dienone is 5. The molecule has 0 radical (unpaired) electrons. The molecule has 23 heavy (non-hydrogen) atoms. The summed E-state index contributed by atoms with van der Waals surface area (Å²) in [5, 5.41) is 19.0. The molecule has 0 fully saturated rings. The summed E-state index contributed by atoms with van der Waals surface area (Å²) < 4.78 is 0. The topological polar surface area (TPSA) is 74.6 Å². The van der Waals surface area contributed by atoms with Crippen LogP contribution in [0.4, 0.5) is 0 Å². The van der Waals surface area contributed by atoms with E-state index >= 15 is 0 Å². The number of carbonyl (C=O) groups is 2. The van der Waals surface area contributed by atoms with Crippen molar-refractivity contribution < 1.29 is 19.8 Å². The predicted octanol–water partition coefficient (Wildman–Crippen LogP) is 2.81. The van der Waals surface area contributed by atoms with Crippen molar-refractivity contribution in [2.75, 3.05) is 0 Å². The molecule has 0 aliphatic heterocycles. The maximum absolute atomic E-state index is 12.0. The number of hydrogen-bond acceptors (Lipinski definition) is 4. The third-order valence-electron chi connectivity index (χ3n) is 3.69. The summed E-state index contributed by atoms with van der Waals surface area (Å²) in [5.41, 5.74) is -1.14. The summed E-state index contributed by atoms with van der Waals surface area (Å²) in [6.45, 7) is 7.30. The molecule has 0 spiro atoms. The highest BCUT2D eigenvalue weighted by Crippen LogP contribution is 2.25. The summed E-state index contributed by atoms with van der Waals surface area (Å²) >= 11 is 0. The van der Waals surface area contributed by atoms with Gasteiger partial charge in [0.25, 0.3) is 0 Å². The van der Waals surface area contributed by atoms with Crippen LogP contribution in [0.3, 0.4) is 0 Å². The third-order valence-corrected chi connectivity index (χ3v) is 3.69. The van der Waals surface area contributed by atoms with Gasteiger partial charge in [0.2, 0.25) is 5.78 Å². The lowest BCUT2D eigenvalue weighted by molar-refractivity contribution is -0.144. The van der Waals surface area contributed by atoms with Crippen molar-refractivity contribution in [1.82, 2.24) is 0 Å². The van der Waals surface area contributed by atoms with E-state index in [0.717, 1.165) is 25.0 Å². The molecule has 0 bridgehead atoms. The first kappa shape index (κ1) is 18.7. The van der Waals surface area contributed by atoms with Crippen molar-refractivity contribution in [2.24, 2.45) is 5.92 Å². The van der Waals surface area contributed by atoms with Crippen molar-refractivity contribution in [3.63, 3.8) is 0 Å². The normalized spacial score (nSPS) is 25.3. The number of rotatable bonds is 3. The lowest BCUT2D eigenvalue weighted by atomic mass is 9.81. The summed E-state index contributed by atoms with van der Waals surface area (Å²) in [6.07, 6.45) is 8.28. The molecule has 0 saturated carbocycles. The minimum absolute atomic E-state index is 0.0993. The molecule has 0 heterocycles. The van der Waals surface area contributed by atoms with Gasteiger partial charge in [-0.2, -0.15) is 0 Å². The average molecular weight is 314 g/mol. The lowest BCUT2D eigenvalue weighted by Crippen LogP contribution is -2.46. The molecule has 0 saturated heterocycles. The first-order valence-electron chi connectivity index (χ1n) is 7.48. The van der Waals surface area contributed by atoms with Crippen LogP contribution in [0.5, 0.6) is 0 Å². The molecule has 0 aromatic carbocycles. The number of hydrogen-bond donors (Lipinski definition) is 2. The van der Waals surface area contributed by atoms with E-state index in [0.29, 0.717) is 12.2 Å². The first-order valence-corrected chi connectivity index (χ1v) is 7.48. The second-order valence-electron chi connectivity index (χ2n) is 5.77. The molecule has 0 aromatic heterocycles. The molecule has 122 valence electrons. The van der Waals surface area contributed by atoms with Crippen LogP contribution in [0.1, 0.15) is 34.1 Å². The Balaban J connectivity index is 3.00. The summed E-state index contributed by atoms with van der Waals surface area (Å²) in [4.78, 5) is 23.7. The maximum atomic E-state index is 12.0. The van der Waals surface area contributed by atoms with E-state index in [9.17, 15) is 19.8 Å². The first-order chi connectivity index (χ1) is 10.7. The predicted molar refractivity (Wildman–Crippen MR) is 89.6 cm³/mol. The molecule has 1 aliphatic rings. The van der Waals surface area contributed by atoms with Gasteiger partial charge in [-0.25, -0.2) is 0 Å². The SMILES string of the molecule is CC[C@H](C)/C=C(C)/C=C/C#CC1=CC(=O)[C@](C)(O)C(=O)/C1=C\O. The van der Waals surface area contributed by atoms with Crippen molar-refractivity contribution >= 4 is 11.6 Å². The fourth-order valence-corrected chi connectivity index (χ4v) is 1.99. The molecule has 0 aromatic rings. The van der Waals surface area contributed by atoms with Gasteiger partial charge in [0.05, 0.1) is 11.8 Å². The number of carbonyl (C=O) groups excluding carboxylic acids is 2. The smallest absolute Gasteiger partial charge is 0.206 e. The Hall–Kier alpha value is -2.38. The van der Waals surface area contributed by atoms with Crippen LogP contribution in [-0.4, -0.2) is 27.4 Å². The van der Waals surface area contributed by atoms with E-state index in [1.165, 1.54) is 0 Å². The fourth-order valence-electron chi connectivity index (χ4n) is 1.99. The summed E-state index contributed by atoms with van der Waals surface area (Å²) in [7, 11) is 0. The lowest BCUT2D eigenvalue weighted by Gasteiger charge is -2.24. The van der Waals surface area contributed by atoms with Crippen LogP contribution < -0.4 is 0 Å². The third kappa shape index (κ3) is 4.54. The van der Waals surface area contributed by atoms with E-state index < -0.39 is 17.2 Å². The largest absolute Gasteiger partial charge is 0.515 e. The van der Waals surface area contributed by atoms with Crippen molar-refractivity contribution in [2.45, 2.75) is 39.7 Å². The Labute approximate surface area is 136 Å². The van der Waals surface area contributed by atoms with Gasteiger partial charge in [0.15, 0.2) is 11.4 Å². The molecule has 0 amide bonds. The summed E-state index contributed by atoms with van der Waals surface area (Å²) in [5.74, 6) is 4.28. The number of Topliss-reactive ketones (excluding diaryl/α,β-unsaturated/α-hetero) is 1. The highest BCUT2D eigenvalue weighted by Gasteiger charge is 2.43. The van der Waals surface area contributed by atoms with E-state index in [2.05, 4.69) is 31.8 Å². The van der Waals surface area contributed by atoms with Gasteiger partial charge < -0.3 is 10.2 Å². The molecular formula is C19H22O4. The van der Waals surface area contributed by atoms with Crippen LogP contribution in [0, 0.1) is 17.8 Å². The zero-order valence-electron chi connectivity index (χ0n) is 13.9. The van der Waals surface area contributed by atoms with Gasteiger partial charge in [0, 0.05) is 11.6 Å². The Morgan fingerprint density at radius 2 is 2.09 bits per heavy atom. The number of ketones is 2. The van der Waals surface area contributed by atoms with E-state index in [1.807, 2.05) is 13.0 Å². The second-order valence-corrected chi connectivity index (χ2v) is 5.77. The van der Waals surface area contributed by atoms with Crippen molar-refractivity contribution in [3.8, 4) is 11.8 Å². The minimum Gasteiger partial charge on any atom is -0.515 e. The van der Waals surface area contributed by atoms with E-state index in [1.54, 1.807) is 6.08 Å². The van der Waals surface area contributed by atoms with Crippen LogP contribution >= 0.6 is 0 Å². The highest BCUT2D eigenvalue weighted by molar-refractivity contribution is 6.25. The van der Waals surface area contributed by atoms with Gasteiger partial charge in [-0.3, -0.25) is 9.59 Å². The highest BCUT2D eigenvalue weighted by atomic mass is 16.3. The fraction of sp³-hybridized carbons (Fsp3) is 0.368. The van der Waals surface area contributed by atoms with Gasteiger partial charge in [-0.1, -0.05) is 49.8 Å². The summed E-state index contributed by atoms with van der Waals surface area (Å²) in [6, 6.07) is 0. The molecule has 1 aliphatic carbocycles. The Morgan fingerprint density at radius 3 is 2.65 bits per heavy atom. The van der Waals surface area contributed by atoms with Crippen molar-refractivity contribution in [1.29, 1.82) is 0 Å². The zero-order valence-corrected chi connectivity index (χ0v) is 13.9. The van der Waals surface area contributed by atoms with Crippen LogP contribution in [-0.2, 0) is 9.59 Å². The molecule has 1 rings (SSSR count). The van der Waals surface area contributed by atoms with E-state index in [-0.39, 0.29) is 11.1 Å². The Bertz CT molecular complexity index is 676. The molecular weight excluding hydrogens is 292 g/mol. The molecule has 2 N–H and O–H groups in total. The van der Waals surface area contributed by atoms with E-state index in [4.69, 9.17) is 0 Å². The molecule has 4 heteroatoms. The second kappa shape index (κ2) is 7.75. The number of aliphatic hydroxyl groups excluding tert-OH is 1. The Kier molecular flexibility index (Phi) is 6.29. The van der Waals surface area contributed by atoms with Gasteiger partial charge >= 0.3 is 0 Å². The molecule has 4 nitrogen and oxygen atoms in total. The minimum atomic E-state index is -2.15. The van der Waals surface area contributed by atoms with Gasteiger partial charge in [-0.15, -0.1) is 0 Å². The average Bonchev–Trinajstić information content (AvgIpc) is 2.50. The van der Waals surface area contributed by atoms with Crippen LogP contribution in [0.2, 0.25) is 0 Å². The van der Waals surface area contributed by atoms with Gasteiger partial charge in [0.1, 0.15) is 0 Å². The van der Waals surface area contributed by atoms with Gasteiger partial charge in [-0.05, 0) is 25.8 Å². The number of aliphatic hydroxyl groups is 2. The standard InChI is InChI=1S/C19H22O4/c1-5-13(2)10-14(3)8-6-7-9-15-11-17(21)19(4,23)18(22)16(15)12-20/h6,8,10-13,20,23H,5H2,1-4H3/b8-6+,14-10+,16-12-/t13-,19-/m0/s1. The zero-order chi connectivity index (χ0) is 17.6. The molecule has 2 atom stereocenters. The Morgan fingerprint density at radius 1 is 1.43 bits per heavy atom. The van der Waals surface area contributed by atoms with Crippen LogP contribution in [0.15, 0.2) is 47.3 Å². The van der Waals surface area contributed by atoms with Crippen molar-refractivity contribution in [3.05, 3.63) is 47.3 Å². The van der Waals surface area contributed by atoms with Crippen LogP contribution in [0.25, 0.3) is 0 Å².